The zero-order chi connectivity index (χ0) is 18.4. The van der Waals surface area contributed by atoms with Gasteiger partial charge in [-0.2, -0.15) is 5.10 Å². The quantitative estimate of drug-likeness (QED) is 0.359. The van der Waals surface area contributed by atoms with E-state index in [1.807, 2.05) is 6.07 Å². The molecular formula is C16H14Cl2IN3O3. The van der Waals surface area contributed by atoms with Crippen LogP contribution in [-0.4, -0.2) is 19.4 Å². The van der Waals surface area contributed by atoms with Crippen LogP contribution in [0.3, 0.4) is 0 Å². The van der Waals surface area contributed by atoms with E-state index in [0.29, 0.717) is 27.1 Å². The highest BCUT2D eigenvalue weighted by Crippen LogP contribution is 2.34. The lowest BCUT2D eigenvalue weighted by molar-refractivity contribution is 0.249. The van der Waals surface area contributed by atoms with Crippen LogP contribution in [0.15, 0.2) is 35.4 Å². The van der Waals surface area contributed by atoms with Crippen LogP contribution in [0.5, 0.6) is 11.5 Å². The highest BCUT2D eigenvalue weighted by atomic mass is 127. The minimum Gasteiger partial charge on any atom is -0.493 e. The molecule has 2 aromatic rings. The van der Waals surface area contributed by atoms with E-state index in [1.54, 1.807) is 24.3 Å². The lowest BCUT2D eigenvalue weighted by Gasteiger charge is -2.14. The molecule has 0 atom stereocenters. The number of nitrogens with two attached hydrogens (primary N) is 1. The summed E-state index contributed by atoms with van der Waals surface area (Å²) >= 11 is 14.2. The van der Waals surface area contributed by atoms with Crippen molar-refractivity contribution in [3.8, 4) is 11.5 Å². The van der Waals surface area contributed by atoms with Gasteiger partial charge >= 0.3 is 6.03 Å². The Morgan fingerprint density at radius 2 is 2.12 bits per heavy atom. The van der Waals surface area contributed by atoms with E-state index in [-0.39, 0.29) is 6.61 Å². The van der Waals surface area contributed by atoms with Crippen LogP contribution in [0.2, 0.25) is 10.0 Å². The van der Waals surface area contributed by atoms with Gasteiger partial charge in [0.1, 0.15) is 6.61 Å². The average Bonchev–Trinajstić information content (AvgIpc) is 2.54. The summed E-state index contributed by atoms with van der Waals surface area (Å²) in [5.41, 5.74) is 8.61. The van der Waals surface area contributed by atoms with E-state index in [1.165, 1.54) is 13.3 Å². The Kier molecular flexibility index (Phi) is 7.15. The molecule has 0 aliphatic carbocycles. The van der Waals surface area contributed by atoms with E-state index in [0.717, 1.165) is 9.13 Å². The van der Waals surface area contributed by atoms with E-state index in [4.69, 9.17) is 38.4 Å². The third-order valence-corrected chi connectivity index (χ3v) is 4.42. The van der Waals surface area contributed by atoms with Crippen LogP contribution in [0.4, 0.5) is 4.79 Å². The number of ether oxygens (including phenoxy) is 2. The van der Waals surface area contributed by atoms with Crippen molar-refractivity contribution in [1.29, 1.82) is 0 Å². The Balaban J connectivity index is 2.19. The van der Waals surface area contributed by atoms with Gasteiger partial charge in [-0.15, -0.1) is 0 Å². The number of carbonyl (C=O) groups excluding carboxylic acids is 1. The number of amides is 2. The summed E-state index contributed by atoms with van der Waals surface area (Å²) in [6.45, 7) is 0.263. The first-order chi connectivity index (χ1) is 11.9. The molecule has 9 heteroatoms. The Morgan fingerprint density at radius 3 is 2.76 bits per heavy atom. The van der Waals surface area contributed by atoms with E-state index >= 15 is 0 Å². The van der Waals surface area contributed by atoms with Crippen LogP contribution >= 0.6 is 45.8 Å². The highest BCUT2D eigenvalue weighted by molar-refractivity contribution is 14.1. The Morgan fingerprint density at radius 1 is 1.36 bits per heavy atom. The SMILES string of the molecule is COc1cc(/C=N\NC(N)=O)cc(I)c1OCc1ccc(Cl)cc1Cl. The first kappa shape index (κ1) is 19.6. The summed E-state index contributed by atoms with van der Waals surface area (Å²) in [6.07, 6.45) is 1.45. The van der Waals surface area contributed by atoms with Crippen LogP contribution in [0.1, 0.15) is 11.1 Å². The molecule has 0 aliphatic rings. The summed E-state index contributed by atoms with van der Waals surface area (Å²) in [6, 6.07) is 8.04. The second-order valence-electron chi connectivity index (χ2n) is 4.79. The topological polar surface area (TPSA) is 85.9 Å². The summed E-state index contributed by atoms with van der Waals surface area (Å²) in [7, 11) is 1.54. The number of methoxy groups -OCH3 is 1. The van der Waals surface area contributed by atoms with Gasteiger partial charge in [-0.3, -0.25) is 0 Å². The number of nitrogens with one attached hydrogen (secondary N) is 1. The maximum Gasteiger partial charge on any atom is 0.332 e. The van der Waals surface area contributed by atoms with Gasteiger partial charge in [0.25, 0.3) is 0 Å². The fraction of sp³-hybridized carbons (Fsp3) is 0.125. The molecule has 0 saturated carbocycles. The molecule has 2 rings (SSSR count). The third-order valence-electron chi connectivity index (χ3n) is 3.03. The van der Waals surface area contributed by atoms with Crippen molar-refractivity contribution in [3.05, 3.63) is 55.1 Å². The molecule has 6 nitrogen and oxygen atoms in total. The minimum atomic E-state index is -0.738. The number of urea groups is 1. The molecule has 0 bridgehead atoms. The molecule has 0 saturated heterocycles. The maximum absolute atomic E-state index is 10.6. The molecule has 2 amide bonds. The minimum absolute atomic E-state index is 0.263. The number of halogens is 3. The standard InChI is InChI=1S/C16H14Cl2IN3O3/c1-24-14-5-9(7-21-22-16(20)23)4-13(19)15(14)25-8-10-2-3-11(17)6-12(10)18/h2-7H,8H2,1H3,(H3,20,22,23)/b21-7-. The second kappa shape index (κ2) is 9.12. The molecule has 0 fully saturated rings. The molecular weight excluding hydrogens is 480 g/mol. The second-order valence-corrected chi connectivity index (χ2v) is 6.80. The fourth-order valence-corrected chi connectivity index (χ4v) is 3.16. The first-order valence-electron chi connectivity index (χ1n) is 6.93. The number of primary amides is 1. The Hall–Kier alpha value is -1.71. The van der Waals surface area contributed by atoms with Gasteiger partial charge < -0.3 is 15.2 Å². The summed E-state index contributed by atoms with van der Waals surface area (Å²) in [4.78, 5) is 10.6. The Bertz CT molecular complexity index is 815. The van der Waals surface area contributed by atoms with Gasteiger partial charge in [0.15, 0.2) is 11.5 Å². The molecule has 3 N–H and O–H groups in total. The van der Waals surface area contributed by atoms with Crippen LogP contribution in [0, 0.1) is 3.57 Å². The van der Waals surface area contributed by atoms with Crippen molar-refractivity contribution >= 4 is 58.0 Å². The molecule has 132 valence electrons. The third kappa shape index (κ3) is 5.65. The average molecular weight is 494 g/mol. The van der Waals surface area contributed by atoms with Gasteiger partial charge in [-0.25, -0.2) is 10.2 Å². The van der Waals surface area contributed by atoms with Gasteiger partial charge in [-0.1, -0.05) is 29.3 Å². The molecule has 0 aromatic heterocycles. The normalized spacial score (nSPS) is 10.7. The predicted octanol–water partition coefficient (Wildman–Crippen LogP) is 4.19. The predicted molar refractivity (Wildman–Crippen MR) is 107 cm³/mol. The van der Waals surface area contributed by atoms with Crippen molar-refractivity contribution in [3.63, 3.8) is 0 Å². The van der Waals surface area contributed by atoms with Gasteiger partial charge in [-0.05, 0) is 52.4 Å². The number of nitrogens with zero attached hydrogens (tertiary/aromatic N) is 1. The number of rotatable bonds is 6. The lowest BCUT2D eigenvalue weighted by Crippen LogP contribution is -2.24. The number of hydrogen-bond acceptors (Lipinski definition) is 4. The zero-order valence-corrected chi connectivity index (χ0v) is 16.7. The fourth-order valence-electron chi connectivity index (χ4n) is 1.91. The van der Waals surface area contributed by atoms with Gasteiger partial charge in [0.05, 0.1) is 16.9 Å². The maximum atomic E-state index is 10.6. The van der Waals surface area contributed by atoms with Crippen molar-refractivity contribution in [2.24, 2.45) is 10.8 Å². The molecule has 0 aliphatic heterocycles. The van der Waals surface area contributed by atoms with Crippen LogP contribution < -0.4 is 20.6 Å². The summed E-state index contributed by atoms with van der Waals surface area (Å²) in [5.74, 6) is 1.10. The van der Waals surface area contributed by atoms with E-state index in [2.05, 4.69) is 33.1 Å². The molecule has 25 heavy (non-hydrogen) atoms. The number of carbonyl (C=O) groups is 1. The monoisotopic (exact) mass is 493 g/mol. The number of hydrogen-bond donors (Lipinski definition) is 2. The summed E-state index contributed by atoms with van der Waals surface area (Å²) in [5, 5.41) is 4.82. The van der Waals surface area contributed by atoms with E-state index in [9.17, 15) is 4.79 Å². The molecule has 0 radical (unpaired) electrons. The van der Waals surface area contributed by atoms with Crippen molar-refractivity contribution in [2.75, 3.05) is 7.11 Å². The van der Waals surface area contributed by atoms with Gasteiger partial charge in [0.2, 0.25) is 0 Å². The smallest absolute Gasteiger partial charge is 0.332 e. The van der Waals surface area contributed by atoms with Crippen molar-refractivity contribution < 1.29 is 14.3 Å². The largest absolute Gasteiger partial charge is 0.493 e. The number of hydrazone groups is 1. The van der Waals surface area contributed by atoms with Crippen LogP contribution in [0.25, 0.3) is 0 Å². The highest BCUT2D eigenvalue weighted by Gasteiger charge is 2.12. The van der Waals surface area contributed by atoms with Crippen LogP contribution in [-0.2, 0) is 6.61 Å². The molecule has 2 aromatic carbocycles. The van der Waals surface area contributed by atoms with Gasteiger partial charge in [0, 0.05) is 15.6 Å². The molecule has 0 heterocycles. The zero-order valence-electron chi connectivity index (χ0n) is 13.1. The number of benzene rings is 2. The molecule has 0 unspecified atom stereocenters. The first-order valence-corrected chi connectivity index (χ1v) is 8.77. The molecule has 0 spiro atoms. The Labute approximate surface area is 168 Å². The van der Waals surface area contributed by atoms with Crippen molar-refractivity contribution in [2.45, 2.75) is 6.61 Å². The lowest BCUT2D eigenvalue weighted by atomic mass is 10.2. The van der Waals surface area contributed by atoms with E-state index < -0.39 is 6.03 Å². The summed E-state index contributed by atoms with van der Waals surface area (Å²) < 4.78 is 12.1. The van der Waals surface area contributed by atoms with Crippen molar-refractivity contribution in [1.82, 2.24) is 5.43 Å².